The van der Waals surface area contributed by atoms with Gasteiger partial charge in [0, 0.05) is 18.6 Å². The van der Waals surface area contributed by atoms with Crippen LogP contribution in [0.5, 0.6) is 0 Å². The van der Waals surface area contributed by atoms with Gasteiger partial charge in [-0.3, -0.25) is 4.79 Å². The third kappa shape index (κ3) is 3.84. The summed E-state index contributed by atoms with van der Waals surface area (Å²) >= 11 is 5.77. The van der Waals surface area contributed by atoms with Crippen LogP contribution in [0.1, 0.15) is 13.8 Å². The molecular formula is C12H18ClN3O3S. The van der Waals surface area contributed by atoms with Gasteiger partial charge in [0.1, 0.15) is 4.90 Å². The summed E-state index contributed by atoms with van der Waals surface area (Å²) in [6.07, 6.45) is 0. The topological polar surface area (TPSA) is 92.5 Å². The molecule has 0 saturated carbocycles. The molecule has 0 fully saturated rings. The van der Waals surface area contributed by atoms with Crippen molar-refractivity contribution in [2.45, 2.75) is 24.8 Å². The minimum absolute atomic E-state index is 0.0744. The molecule has 1 unspecified atom stereocenters. The Labute approximate surface area is 123 Å². The second-order valence-corrected chi connectivity index (χ2v) is 6.50. The molecule has 1 atom stereocenters. The highest BCUT2D eigenvalue weighted by atomic mass is 35.5. The summed E-state index contributed by atoms with van der Waals surface area (Å²) in [4.78, 5) is 13.2. The van der Waals surface area contributed by atoms with Crippen molar-refractivity contribution in [3.05, 3.63) is 23.2 Å². The Balaban J connectivity index is 3.01. The van der Waals surface area contributed by atoms with Crippen molar-refractivity contribution < 1.29 is 13.2 Å². The van der Waals surface area contributed by atoms with E-state index in [1.807, 2.05) is 0 Å². The monoisotopic (exact) mass is 319 g/mol. The van der Waals surface area contributed by atoms with Crippen molar-refractivity contribution in [1.29, 1.82) is 0 Å². The third-order valence-corrected chi connectivity index (χ3v) is 4.65. The van der Waals surface area contributed by atoms with Crippen LogP contribution in [-0.2, 0) is 14.8 Å². The highest BCUT2D eigenvalue weighted by Crippen LogP contribution is 2.22. The fraction of sp³-hybridized carbons (Fsp3) is 0.417. The number of nitrogens with two attached hydrogens (primary N) is 1. The number of hydrogen-bond acceptors (Lipinski definition) is 4. The normalized spacial score (nSPS) is 13.0. The number of rotatable bonds is 5. The molecule has 0 bridgehead atoms. The van der Waals surface area contributed by atoms with Gasteiger partial charge in [-0.25, -0.2) is 8.42 Å². The Morgan fingerprint density at radius 2 is 2.10 bits per heavy atom. The molecule has 0 radical (unpaired) electrons. The molecule has 0 spiro atoms. The first-order valence-corrected chi connectivity index (χ1v) is 7.87. The molecule has 0 saturated heterocycles. The maximum Gasteiger partial charge on any atom is 0.243 e. The van der Waals surface area contributed by atoms with Crippen molar-refractivity contribution in [1.82, 2.24) is 9.62 Å². The number of sulfonamides is 1. The second-order valence-electron chi connectivity index (χ2n) is 4.38. The lowest BCUT2D eigenvalue weighted by atomic mass is 10.3. The summed E-state index contributed by atoms with van der Waals surface area (Å²) in [6, 6.07) is 3.26. The van der Waals surface area contributed by atoms with Crippen LogP contribution in [-0.4, -0.2) is 38.9 Å². The number of anilines is 1. The van der Waals surface area contributed by atoms with E-state index >= 15 is 0 Å². The number of amides is 1. The van der Waals surface area contributed by atoms with Crippen molar-refractivity contribution in [2.75, 3.05) is 19.3 Å². The van der Waals surface area contributed by atoms with Crippen LogP contribution in [0.3, 0.4) is 0 Å². The summed E-state index contributed by atoms with van der Waals surface area (Å²) in [5, 5.41) is 0.254. The van der Waals surface area contributed by atoms with Gasteiger partial charge in [0.05, 0.1) is 11.7 Å². The van der Waals surface area contributed by atoms with E-state index in [2.05, 4.69) is 4.72 Å². The van der Waals surface area contributed by atoms with Gasteiger partial charge in [-0.2, -0.15) is 4.72 Å². The maximum atomic E-state index is 12.2. The molecule has 0 heterocycles. The van der Waals surface area contributed by atoms with Gasteiger partial charge < -0.3 is 10.6 Å². The zero-order chi connectivity index (χ0) is 15.5. The largest absolute Gasteiger partial charge is 0.398 e. The van der Waals surface area contributed by atoms with Crippen LogP contribution >= 0.6 is 11.6 Å². The van der Waals surface area contributed by atoms with Crippen LogP contribution in [0.4, 0.5) is 5.69 Å². The molecule has 1 aromatic rings. The van der Waals surface area contributed by atoms with E-state index in [1.54, 1.807) is 14.0 Å². The first-order chi connectivity index (χ1) is 9.19. The molecule has 112 valence electrons. The number of hydrogen-bond donors (Lipinski definition) is 2. The Bertz CT molecular complexity index is 604. The third-order valence-electron chi connectivity index (χ3n) is 2.82. The number of carbonyl (C=O) groups excluding carboxylic acids is 1. The number of benzene rings is 1. The standard InChI is InChI=1S/C12H18ClN3O3S/c1-4-16(3)12(17)8(2)15-20(18,19)11-7-9(13)5-6-10(11)14/h5-8,15H,4,14H2,1-3H3. The molecule has 0 aliphatic heterocycles. The highest BCUT2D eigenvalue weighted by Gasteiger charge is 2.25. The van der Waals surface area contributed by atoms with Gasteiger partial charge in [0.15, 0.2) is 0 Å². The first kappa shape index (κ1) is 16.7. The molecule has 8 heteroatoms. The first-order valence-electron chi connectivity index (χ1n) is 6.01. The zero-order valence-electron chi connectivity index (χ0n) is 11.6. The fourth-order valence-electron chi connectivity index (χ4n) is 1.57. The summed E-state index contributed by atoms with van der Waals surface area (Å²) in [5.41, 5.74) is 5.71. The molecule has 20 heavy (non-hydrogen) atoms. The lowest BCUT2D eigenvalue weighted by Gasteiger charge is -2.20. The SMILES string of the molecule is CCN(C)C(=O)C(C)NS(=O)(=O)c1cc(Cl)ccc1N. The number of likely N-dealkylation sites (N-methyl/N-ethyl adjacent to an activating group) is 1. The Kier molecular flexibility index (Phi) is 5.38. The van der Waals surface area contributed by atoms with Gasteiger partial charge in [-0.05, 0) is 32.0 Å². The van der Waals surface area contributed by atoms with E-state index in [4.69, 9.17) is 17.3 Å². The van der Waals surface area contributed by atoms with Crippen LogP contribution in [0.15, 0.2) is 23.1 Å². The molecule has 3 N–H and O–H groups in total. The maximum absolute atomic E-state index is 12.2. The van der Waals surface area contributed by atoms with E-state index in [-0.39, 0.29) is 21.5 Å². The fourth-order valence-corrected chi connectivity index (χ4v) is 3.16. The number of nitrogens with zero attached hydrogens (tertiary/aromatic N) is 1. The minimum Gasteiger partial charge on any atom is -0.398 e. The Morgan fingerprint density at radius 3 is 2.65 bits per heavy atom. The van der Waals surface area contributed by atoms with E-state index in [1.165, 1.54) is 30.0 Å². The summed E-state index contributed by atoms with van der Waals surface area (Å²) in [6.45, 7) is 3.77. The highest BCUT2D eigenvalue weighted by molar-refractivity contribution is 7.89. The zero-order valence-corrected chi connectivity index (χ0v) is 13.1. The van der Waals surface area contributed by atoms with Gasteiger partial charge in [0.25, 0.3) is 0 Å². The predicted molar refractivity (Wildman–Crippen MR) is 79.0 cm³/mol. The average Bonchev–Trinajstić information content (AvgIpc) is 2.39. The minimum atomic E-state index is -3.91. The number of nitrogen functional groups attached to an aromatic ring is 1. The van der Waals surface area contributed by atoms with Crippen LogP contribution in [0.2, 0.25) is 5.02 Å². The molecule has 1 amide bonds. The molecule has 1 aromatic carbocycles. The smallest absolute Gasteiger partial charge is 0.243 e. The van der Waals surface area contributed by atoms with Crippen LogP contribution in [0.25, 0.3) is 0 Å². The lowest BCUT2D eigenvalue weighted by molar-refractivity contribution is -0.131. The predicted octanol–water partition coefficient (Wildman–Crippen LogP) is 1.07. The average molecular weight is 320 g/mol. The molecule has 0 aliphatic carbocycles. The van der Waals surface area contributed by atoms with Gasteiger partial charge in [-0.15, -0.1) is 0 Å². The van der Waals surface area contributed by atoms with E-state index in [0.717, 1.165) is 0 Å². The van der Waals surface area contributed by atoms with Crippen molar-refractivity contribution >= 4 is 33.2 Å². The molecule has 1 rings (SSSR count). The molecular weight excluding hydrogens is 302 g/mol. The van der Waals surface area contributed by atoms with E-state index < -0.39 is 16.1 Å². The quantitative estimate of drug-likeness (QED) is 0.794. The van der Waals surface area contributed by atoms with E-state index in [9.17, 15) is 13.2 Å². The molecule has 6 nitrogen and oxygen atoms in total. The van der Waals surface area contributed by atoms with Gasteiger partial charge in [0.2, 0.25) is 15.9 Å². The van der Waals surface area contributed by atoms with Crippen molar-refractivity contribution in [3.63, 3.8) is 0 Å². The van der Waals surface area contributed by atoms with Gasteiger partial charge >= 0.3 is 0 Å². The summed E-state index contributed by atoms with van der Waals surface area (Å²) in [7, 11) is -2.31. The summed E-state index contributed by atoms with van der Waals surface area (Å²) in [5.74, 6) is -0.323. The van der Waals surface area contributed by atoms with Crippen molar-refractivity contribution in [2.24, 2.45) is 0 Å². The van der Waals surface area contributed by atoms with Crippen molar-refractivity contribution in [3.8, 4) is 0 Å². The number of nitrogens with one attached hydrogen (secondary N) is 1. The van der Waals surface area contributed by atoms with E-state index in [0.29, 0.717) is 6.54 Å². The Morgan fingerprint density at radius 1 is 1.50 bits per heavy atom. The Hall–Kier alpha value is -1.31. The molecule has 0 aromatic heterocycles. The number of carbonyl (C=O) groups is 1. The summed E-state index contributed by atoms with van der Waals surface area (Å²) < 4.78 is 26.7. The van der Waals surface area contributed by atoms with Crippen LogP contribution < -0.4 is 10.5 Å². The second kappa shape index (κ2) is 6.43. The van der Waals surface area contributed by atoms with Gasteiger partial charge in [-0.1, -0.05) is 11.6 Å². The molecule has 0 aliphatic rings. The van der Waals surface area contributed by atoms with Crippen LogP contribution in [0, 0.1) is 0 Å². The number of halogens is 1. The lowest BCUT2D eigenvalue weighted by Crippen LogP contribution is -2.45.